The van der Waals surface area contributed by atoms with E-state index in [4.69, 9.17) is 11.6 Å². The van der Waals surface area contributed by atoms with Gasteiger partial charge in [0.15, 0.2) is 5.16 Å². The molecule has 0 atom stereocenters. The molecule has 0 aliphatic carbocycles. The standard InChI is InChI=1S/C16H20ClN3OS2/c1-10-13(11(2)19-16(18-10)22-4)6-8-15(21)20(3)9-12-5-7-14(17)23-12/h5,7H,6,8-9H2,1-4H3. The van der Waals surface area contributed by atoms with Gasteiger partial charge in [0.25, 0.3) is 0 Å². The number of carbonyl (C=O) groups excluding carboxylic acids is 1. The van der Waals surface area contributed by atoms with Gasteiger partial charge in [0, 0.05) is 29.7 Å². The topological polar surface area (TPSA) is 46.1 Å². The Kier molecular flexibility index (Phi) is 6.44. The Balaban J connectivity index is 1.96. The van der Waals surface area contributed by atoms with Gasteiger partial charge in [-0.1, -0.05) is 23.4 Å². The number of thiophene rings is 1. The first-order valence-corrected chi connectivity index (χ1v) is 9.69. The van der Waals surface area contributed by atoms with E-state index in [-0.39, 0.29) is 5.91 Å². The van der Waals surface area contributed by atoms with Gasteiger partial charge in [-0.3, -0.25) is 4.79 Å². The number of hydrogen-bond donors (Lipinski definition) is 0. The number of hydrogen-bond acceptors (Lipinski definition) is 5. The first-order valence-electron chi connectivity index (χ1n) is 7.27. The maximum atomic E-state index is 12.3. The second-order valence-corrected chi connectivity index (χ2v) is 7.89. The summed E-state index contributed by atoms with van der Waals surface area (Å²) in [6, 6.07) is 3.82. The van der Waals surface area contributed by atoms with Crippen molar-refractivity contribution in [2.24, 2.45) is 0 Å². The van der Waals surface area contributed by atoms with Crippen LogP contribution < -0.4 is 0 Å². The molecule has 23 heavy (non-hydrogen) atoms. The lowest BCUT2D eigenvalue weighted by molar-refractivity contribution is -0.130. The van der Waals surface area contributed by atoms with E-state index < -0.39 is 0 Å². The van der Waals surface area contributed by atoms with Crippen LogP contribution in [-0.4, -0.2) is 34.1 Å². The number of amides is 1. The lowest BCUT2D eigenvalue weighted by Gasteiger charge is -2.17. The summed E-state index contributed by atoms with van der Waals surface area (Å²) in [5.74, 6) is 0.113. The highest BCUT2D eigenvalue weighted by molar-refractivity contribution is 7.98. The van der Waals surface area contributed by atoms with E-state index in [0.717, 1.165) is 31.3 Å². The van der Waals surface area contributed by atoms with Crippen LogP contribution in [0.15, 0.2) is 17.3 Å². The van der Waals surface area contributed by atoms with Crippen LogP contribution in [-0.2, 0) is 17.8 Å². The first-order chi connectivity index (χ1) is 10.9. The highest BCUT2D eigenvalue weighted by Crippen LogP contribution is 2.23. The normalized spacial score (nSPS) is 10.8. The molecule has 0 bridgehead atoms. The molecule has 4 nitrogen and oxygen atoms in total. The van der Waals surface area contributed by atoms with Crippen molar-refractivity contribution in [3.05, 3.63) is 38.3 Å². The fourth-order valence-electron chi connectivity index (χ4n) is 2.34. The van der Waals surface area contributed by atoms with Crippen molar-refractivity contribution in [3.63, 3.8) is 0 Å². The minimum Gasteiger partial charge on any atom is -0.341 e. The Labute approximate surface area is 150 Å². The van der Waals surface area contributed by atoms with Gasteiger partial charge in [-0.2, -0.15) is 0 Å². The minimum atomic E-state index is 0.113. The van der Waals surface area contributed by atoms with Crippen LogP contribution in [0.25, 0.3) is 0 Å². The maximum absolute atomic E-state index is 12.3. The SMILES string of the molecule is CSc1nc(C)c(CCC(=O)N(C)Cc2ccc(Cl)s2)c(C)n1. The smallest absolute Gasteiger partial charge is 0.222 e. The molecule has 124 valence electrons. The molecule has 0 spiro atoms. The summed E-state index contributed by atoms with van der Waals surface area (Å²) >= 11 is 8.96. The molecule has 2 aromatic rings. The molecule has 0 fully saturated rings. The molecule has 7 heteroatoms. The maximum Gasteiger partial charge on any atom is 0.222 e. The van der Waals surface area contributed by atoms with Crippen molar-refractivity contribution in [1.29, 1.82) is 0 Å². The van der Waals surface area contributed by atoms with E-state index in [2.05, 4.69) is 9.97 Å². The molecule has 0 aliphatic rings. The van der Waals surface area contributed by atoms with Crippen LogP contribution in [0.5, 0.6) is 0 Å². The summed E-state index contributed by atoms with van der Waals surface area (Å²) in [6.45, 7) is 4.55. The fraction of sp³-hybridized carbons (Fsp3) is 0.438. The Bertz CT molecular complexity index is 679. The summed E-state index contributed by atoms with van der Waals surface area (Å²) < 4.78 is 0.748. The summed E-state index contributed by atoms with van der Waals surface area (Å²) in [6.07, 6.45) is 3.09. The molecular weight excluding hydrogens is 350 g/mol. The molecular formula is C16H20ClN3OS2. The predicted molar refractivity (Wildman–Crippen MR) is 97.4 cm³/mol. The van der Waals surface area contributed by atoms with E-state index in [0.29, 0.717) is 19.4 Å². The molecule has 0 saturated carbocycles. The van der Waals surface area contributed by atoms with Crippen molar-refractivity contribution in [1.82, 2.24) is 14.9 Å². The summed E-state index contributed by atoms with van der Waals surface area (Å²) in [7, 11) is 1.82. The number of aromatic nitrogens is 2. The molecule has 0 N–H and O–H groups in total. The van der Waals surface area contributed by atoms with E-state index >= 15 is 0 Å². The van der Waals surface area contributed by atoms with Crippen molar-refractivity contribution in [2.45, 2.75) is 38.4 Å². The molecule has 2 heterocycles. The van der Waals surface area contributed by atoms with E-state index in [1.54, 1.807) is 4.90 Å². The van der Waals surface area contributed by atoms with Gasteiger partial charge in [0.2, 0.25) is 5.91 Å². The van der Waals surface area contributed by atoms with Crippen molar-refractivity contribution in [2.75, 3.05) is 13.3 Å². The van der Waals surface area contributed by atoms with Gasteiger partial charge >= 0.3 is 0 Å². The number of thioether (sulfide) groups is 1. The summed E-state index contributed by atoms with van der Waals surface area (Å²) in [5, 5.41) is 0.779. The van der Waals surface area contributed by atoms with Crippen molar-refractivity contribution in [3.8, 4) is 0 Å². The van der Waals surface area contributed by atoms with Gasteiger partial charge in [0.1, 0.15) is 0 Å². The minimum absolute atomic E-state index is 0.113. The molecule has 0 saturated heterocycles. The molecule has 1 amide bonds. The Morgan fingerprint density at radius 1 is 1.30 bits per heavy atom. The lowest BCUT2D eigenvalue weighted by Crippen LogP contribution is -2.26. The van der Waals surface area contributed by atoms with Crippen LogP contribution in [0.4, 0.5) is 0 Å². The average Bonchev–Trinajstić information content (AvgIpc) is 2.90. The third-order valence-electron chi connectivity index (χ3n) is 3.62. The first kappa shape index (κ1) is 18.2. The monoisotopic (exact) mass is 369 g/mol. The third kappa shape index (κ3) is 4.93. The van der Waals surface area contributed by atoms with Gasteiger partial charge < -0.3 is 4.90 Å². The van der Waals surface area contributed by atoms with Crippen LogP contribution in [0.2, 0.25) is 4.34 Å². The molecule has 0 aromatic carbocycles. The lowest BCUT2D eigenvalue weighted by atomic mass is 10.1. The number of rotatable bonds is 6. The Morgan fingerprint density at radius 2 is 1.96 bits per heavy atom. The molecule has 0 unspecified atom stereocenters. The van der Waals surface area contributed by atoms with Crippen LogP contribution in [0, 0.1) is 13.8 Å². The third-order valence-corrected chi connectivity index (χ3v) is 5.38. The zero-order chi connectivity index (χ0) is 17.0. The highest BCUT2D eigenvalue weighted by atomic mass is 35.5. The highest BCUT2D eigenvalue weighted by Gasteiger charge is 2.14. The predicted octanol–water partition coefficient (Wildman–Crippen LogP) is 4.12. The average molecular weight is 370 g/mol. The quantitative estimate of drug-likeness (QED) is 0.567. The summed E-state index contributed by atoms with van der Waals surface area (Å²) in [5.41, 5.74) is 2.99. The fourth-order valence-corrected chi connectivity index (χ4v) is 3.94. The van der Waals surface area contributed by atoms with E-state index in [1.165, 1.54) is 23.1 Å². The van der Waals surface area contributed by atoms with E-state index in [1.807, 2.05) is 39.3 Å². The molecule has 0 radical (unpaired) electrons. The van der Waals surface area contributed by atoms with Crippen molar-refractivity contribution < 1.29 is 4.79 Å². The van der Waals surface area contributed by atoms with Gasteiger partial charge in [-0.25, -0.2) is 9.97 Å². The van der Waals surface area contributed by atoms with Gasteiger partial charge in [-0.05, 0) is 44.2 Å². The Morgan fingerprint density at radius 3 is 2.48 bits per heavy atom. The molecule has 2 rings (SSSR count). The second kappa shape index (κ2) is 8.13. The van der Waals surface area contributed by atoms with Crippen LogP contribution in [0.3, 0.4) is 0 Å². The zero-order valence-corrected chi connectivity index (χ0v) is 16.1. The number of carbonyl (C=O) groups is 1. The van der Waals surface area contributed by atoms with Crippen LogP contribution in [0.1, 0.15) is 28.2 Å². The van der Waals surface area contributed by atoms with Crippen molar-refractivity contribution >= 4 is 40.6 Å². The summed E-state index contributed by atoms with van der Waals surface area (Å²) in [4.78, 5) is 24.1. The second-order valence-electron chi connectivity index (χ2n) is 5.32. The molecule has 0 aliphatic heterocycles. The van der Waals surface area contributed by atoms with Gasteiger partial charge in [0.05, 0.1) is 10.9 Å². The number of aryl methyl sites for hydroxylation is 2. The number of nitrogens with zero attached hydrogens (tertiary/aromatic N) is 3. The molecule has 2 aromatic heterocycles. The van der Waals surface area contributed by atoms with Gasteiger partial charge in [-0.15, -0.1) is 11.3 Å². The largest absolute Gasteiger partial charge is 0.341 e. The Hall–Kier alpha value is -1.11. The zero-order valence-electron chi connectivity index (χ0n) is 13.7. The number of halogens is 1. The van der Waals surface area contributed by atoms with Crippen LogP contribution >= 0.6 is 34.7 Å². The van der Waals surface area contributed by atoms with E-state index in [9.17, 15) is 4.79 Å².